The number of hydrogen-bond donors (Lipinski definition) is 2. The van der Waals surface area contributed by atoms with Crippen molar-refractivity contribution >= 4 is 5.78 Å². The summed E-state index contributed by atoms with van der Waals surface area (Å²) in [4.78, 5) is 11.9. The molecule has 0 aromatic heterocycles. The van der Waals surface area contributed by atoms with Gasteiger partial charge < -0.3 is 19.7 Å². The molecule has 1 heterocycles. The molecule has 0 spiro atoms. The molecule has 17 heavy (non-hydrogen) atoms. The number of fused-ring (bicyclic) bond motifs is 1. The van der Waals surface area contributed by atoms with Crippen molar-refractivity contribution in [3.63, 3.8) is 0 Å². The fraction of sp³-hybridized carbons (Fsp3) is 0.583. The summed E-state index contributed by atoms with van der Waals surface area (Å²) in [5.74, 6) is 0.0580. The van der Waals surface area contributed by atoms with Gasteiger partial charge in [-0.3, -0.25) is 4.79 Å². The number of aliphatic hydroxyl groups excluding tert-OH is 2. The minimum Gasteiger partial charge on any atom is -0.498 e. The lowest BCUT2D eigenvalue weighted by Crippen LogP contribution is -2.37. The molecule has 5 nitrogen and oxygen atoms in total. The number of ketones is 1. The highest BCUT2D eigenvalue weighted by Crippen LogP contribution is 2.48. The Labute approximate surface area is 99.3 Å². The molecule has 0 aromatic rings. The number of ether oxygens (including phenoxy) is 2. The summed E-state index contributed by atoms with van der Waals surface area (Å²) in [6.45, 7) is 1.73. The first-order valence-corrected chi connectivity index (χ1v) is 5.47. The van der Waals surface area contributed by atoms with Gasteiger partial charge in [0, 0.05) is 12.5 Å². The Hall–Kier alpha value is -1.17. The van der Waals surface area contributed by atoms with Gasteiger partial charge in [0.05, 0.1) is 13.7 Å². The molecule has 0 radical (unpaired) electrons. The Bertz CT molecular complexity index is 398. The third-order valence-corrected chi connectivity index (χ3v) is 3.25. The Morgan fingerprint density at radius 2 is 2.41 bits per heavy atom. The van der Waals surface area contributed by atoms with E-state index in [1.807, 2.05) is 0 Å². The van der Waals surface area contributed by atoms with Gasteiger partial charge in [0.2, 0.25) is 0 Å². The number of hydrogen-bond acceptors (Lipinski definition) is 5. The van der Waals surface area contributed by atoms with Crippen molar-refractivity contribution < 1.29 is 24.5 Å². The third-order valence-electron chi connectivity index (χ3n) is 3.25. The van der Waals surface area contributed by atoms with Crippen LogP contribution in [-0.4, -0.2) is 47.5 Å². The van der Waals surface area contributed by atoms with Crippen LogP contribution < -0.4 is 0 Å². The highest BCUT2D eigenvalue weighted by molar-refractivity contribution is 6.01. The van der Waals surface area contributed by atoms with Crippen molar-refractivity contribution in [2.24, 2.45) is 0 Å². The first-order valence-electron chi connectivity index (χ1n) is 5.47. The fourth-order valence-corrected chi connectivity index (χ4v) is 2.03. The Balaban J connectivity index is 2.16. The van der Waals surface area contributed by atoms with Crippen molar-refractivity contribution in [2.45, 2.75) is 31.2 Å². The Kier molecular flexibility index (Phi) is 3.07. The van der Waals surface area contributed by atoms with E-state index in [0.717, 1.165) is 5.57 Å². The van der Waals surface area contributed by atoms with Gasteiger partial charge in [-0.25, -0.2) is 0 Å². The summed E-state index contributed by atoms with van der Waals surface area (Å²) < 4.78 is 10.3. The molecule has 94 valence electrons. The monoisotopic (exact) mass is 240 g/mol. The standard InChI is InChI=1S/C12H16O5/c1-7(6-13)3-4-12-9(14)5-8(16-2)10(15)11(12)17-12/h3,5,10-11,13,15H,4,6H2,1-2H3/b7-3+/t10-,11+,12-/m0/s1. The number of methoxy groups -OCH3 is 1. The predicted molar refractivity (Wildman–Crippen MR) is 59.2 cm³/mol. The van der Waals surface area contributed by atoms with Gasteiger partial charge in [-0.1, -0.05) is 11.6 Å². The molecule has 0 unspecified atom stereocenters. The highest BCUT2D eigenvalue weighted by atomic mass is 16.6. The molecule has 2 rings (SSSR count). The van der Waals surface area contributed by atoms with Crippen LogP contribution in [0.3, 0.4) is 0 Å². The second-order valence-corrected chi connectivity index (χ2v) is 4.40. The fourth-order valence-electron chi connectivity index (χ4n) is 2.03. The van der Waals surface area contributed by atoms with Crippen LogP contribution in [0.2, 0.25) is 0 Å². The summed E-state index contributed by atoms with van der Waals surface area (Å²) >= 11 is 0. The van der Waals surface area contributed by atoms with Crippen LogP contribution in [0.15, 0.2) is 23.5 Å². The van der Waals surface area contributed by atoms with Gasteiger partial charge >= 0.3 is 0 Å². The van der Waals surface area contributed by atoms with Crippen LogP contribution >= 0.6 is 0 Å². The van der Waals surface area contributed by atoms with E-state index in [0.29, 0.717) is 6.42 Å². The highest BCUT2D eigenvalue weighted by Gasteiger charge is 2.66. The third kappa shape index (κ3) is 1.90. The van der Waals surface area contributed by atoms with Gasteiger partial charge in [-0.15, -0.1) is 0 Å². The topological polar surface area (TPSA) is 79.3 Å². The second kappa shape index (κ2) is 4.25. The van der Waals surface area contributed by atoms with E-state index in [-0.39, 0.29) is 18.1 Å². The minimum atomic E-state index is -0.947. The van der Waals surface area contributed by atoms with E-state index in [1.54, 1.807) is 13.0 Å². The number of rotatable bonds is 4. The van der Waals surface area contributed by atoms with E-state index < -0.39 is 17.8 Å². The van der Waals surface area contributed by atoms with Crippen LogP contribution in [0.5, 0.6) is 0 Å². The normalized spacial score (nSPS) is 36.4. The smallest absolute Gasteiger partial charge is 0.194 e. The van der Waals surface area contributed by atoms with Crippen LogP contribution in [0.4, 0.5) is 0 Å². The maximum atomic E-state index is 11.9. The Morgan fingerprint density at radius 1 is 1.71 bits per heavy atom. The molecule has 1 aliphatic heterocycles. The van der Waals surface area contributed by atoms with Crippen LogP contribution in [-0.2, 0) is 14.3 Å². The van der Waals surface area contributed by atoms with E-state index in [4.69, 9.17) is 14.6 Å². The zero-order valence-electron chi connectivity index (χ0n) is 9.84. The quantitative estimate of drug-likeness (QED) is 0.531. The molecular formula is C12H16O5. The summed E-state index contributed by atoms with van der Waals surface area (Å²) in [6, 6.07) is 0. The maximum Gasteiger partial charge on any atom is 0.194 e. The minimum absolute atomic E-state index is 0.0450. The van der Waals surface area contributed by atoms with Crippen LogP contribution in [0, 0.1) is 0 Å². The first kappa shape index (κ1) is 12.3. The summed E-state index contributed by atoms with van der Waals surface area (Å²) in [6.07, 6.45) is 2.00. The van der Waals surface area contributed by atoms with Gasteiger partial charge in [0.1, 0.15) is 18.0 Å². The molecule has 0 bridgehead atoms. The molecule has 3 atom stereocenters. The molecular weight excluding hydrogens is 224 g/mol. The number of aliphatic hydroxyl groups is 2. The van der Waals surface area contributed by atoms with E-state index in [2.05, 4.69) is 0 Å². The number of carbonyl (C=O) groups is 1. The van der Waals surface area contributed by atoms with Gasteiger partial charge in [-0.2, -0.15) is 0 Å². The van der Waals surface area contributed by atoms with E-state index in [1.165, 1.54) is 13.2 Å². The second-order valence-electron chi connectivity index (χ2n) is 4.40. The average molecular weight is 240 g/mol. The molecule has 2 N–H and O–H groups in total. The van der Waals surface area contributed by atoms with E-state index in [9.17, 15) is 9.90 Å². The van der Waals surface area contributed by atoms with Crippen molar-refractivity contribution in [2.75, 3.05) is 13.7 Å². The summed E-state index contributed by atoms with van der Waals surface area (Å²) in [7, 11) is 1.41. The van der Waals surface area contributed by atoms with Crippen LogP contribution in [0.25, 0.3) is 0 Å². The van der Waals surface area contributed by atoms with Gasteiger partial charge in [0.25, 0.3) is 0 Å². The molecule has 2 aliphatic rings. The molecule has 0 saturated carbocycles. The van der Waals surface area contributed by atoms with Crippen molar-refractivity contribution in [3.05, 3.63) is 23.5 Å². The molecule has 0 aromatic carbocycles. The SMILES string of the molecule is COC1=CC(=O)[C@]2(C/C=C(\C)CO)O[C@@H]2[C@H]1O. The molecule has 5 heteroatoms. The lowest BCUT2D eigenvalue weighted by molar-refractivity contribution is -0.120. The van der Waals surface area contributed by atoms with Crippen LogP contribution in [0.1, 0.15) is 13.3 Å². The van der Waals surface area contributed by atoms with Gasteiger partial charge in [-0.05, 0) is 6.92 Å². The number of epoxide rings is 1. The van der Waals surface area contributed by atoms with E-state index >= 15 is 0 Å². The molecule has 0 amide bonds. The summed E-state index contributed by atoms with van der Waals surface area (Å²) in [5.41, 5.74) is -0.171. The predicted octanol–water partition coefficient (Wildman–Crippen LogP) is -0.0734. The Morgan fingerprint density at radius 3 is 3.00 bits per heavy atom. The number of carbonyl (C=O) groups excluding carboxylic acids is 1. The van der Waals surface area contributed by atoms with Crippen molar-refractivity contribution in [3.8, 4) is 0 Å². The maximum absolute atomic E-state index is 11.9. The first-order chi connectivity index (χ1) is 8.05. The summed E-state index contributed by atoms with van der Waals surface area (Å²) in [5, 5.41) is 18.7. The van der Waals surface area contributed by atoms with Crippen molar-refractivity contribution in [1.29, 1.82) is 0 Å². The molecule has 1 aliphatic carbocycles. The average Bonchev–Trinajstić information content (AvgIpc) is 3.07. The zero-order valence-corrected chi connectivity index (χ0v) is 9.84. The molecule has 1 fully saturated rings. The molecule has 1 saturated heterocycles. The lowest BCUT2D eigenvalue weighted by Gasteiger charge is -2.19. The zero-order chi connectivity index (χ0) is 12.6. The van der Waals surface area contributed by atoms with Crippen molar-refractivity contribution in [1.82, 2.24) is 0 Å². The largest absolute Gasteiger partial charge is 0.498 e. The van der Waals surface area contributed by atoms with Gasteiger partial charge in [0.15, 0.2) is 11.4 Å². The lowest BCUT2D eigenvalue weighted by atomic mass is 9.87.